The highest BCUT2D eigenvalue weighted by atomic mass is 32.2. The van der Waals surface area contributed by atoms with Crippen LogP contribution in [-0.4, -0.2) is 19.7 Å². The van der Waals surface area contributed by atoms with Crippen LogP contribution < -0.4 is 0 Å². The lowest BCUT2D eigenvalue weighted by Gasteiger charge is -2.06. The molecule has 2 heterocycles. The van der Waals surface area contributed by atoms with E-state index in [1.54, 1.807) is 12.5 Å². The smallest absolute Gasteiger partial charge is 0.195 e. The molecule has 0 radical (unpaired) electrons. The minimum Gasteiger partial charge on any atom is -0.311 e. The number of hydrogen-bond acceptors (Lipinski definition) is 5. The second-order valence-electron chi connectivity index (χ2n) is 3.96. The van der Waals surface area contributed by atoms with Crippen molar-refractivity contribution in [3.63, 3.8) is 0 Å². The van der Waals surface area contributed by atoms with Crippen LogP contribution in [0.1, 0.15) is 5.56 Å². The van der Waals surface area contributed by atoms with Crippen LogP contribution in [0.5, 0.6) is 0 Å². The Morgan fingerprint density at radius 2 is 2.16 bits per heavy atom. The first-order valence-electron chi connectivity index (χ1n) is 5.59. The van der Waals surface area contributed by atoms with Crippen LogP contribution in [0, 0.1) is 11.3 Å². The van der Waals surface area contributed by atoms with Gasteiger partial charge in [-0.05, 0) is 17.8 Å². The van der Waals surface area contributed by atoms with Crippen LogP contribution >= 0.6 is 11.8 Å². The van der Waals surface area contributed by atoms with Crippen molar-refractivity contribution in [1.82, 2.24) is 19.7 Å². The molecule has 0 saturated carbocycles. The van der Waals surface area contributed by atoms with Crippen molar-refractivity contribution in [1.29, 1.82) is 5.26 Å². The van der Waals surface area contributed by atoms with Gasteiger partial charge in [-0.15, -0.1) is 10.2 Å². The van der Waals surface area contributed by atoms with E-state index in [9.17, 15) is 5.26 Å². The van der Waals surface area contributed by atoms with Gasteiger partial charge in [0.15, 0.2) is 5.16 Å². The fourth-order valence-electron chi connectivity index (χ4n) is 1.76. The summed E-state index contributed by atoms with van der Waals surface area (Å²) in [7, 11) is 1.87. The van der Waals surface area contributed by atoms with Crippen molar-refractivity contribution in [2.45, 2.75) is 10.1 Å². The molecular weight excluding hydrogens is 258 g/mol. The van der Waals surface area contributed by atoms with Gasteiger partial charge in [0.05, 0.1) is 11.1 Å². The van der Waals surface area contributed by atoms with Gasteiger partial charge in [0.25, 0.3) is 0 Å². The summed E-state index contributed by atoms with van der Waals surface area (Å²) in [5.74, 6) is 0. The summed E-state index contributed by atoms with van der Waals surface area (Å²) in [5.41, 5.74) is 1.41. The summed E-state index contributed by atoms with van der Waals surface area (Å²) in [5, 5.41) is 18.8. The van der Waals surface area contributed by atoms with Crippen molar-refractivity contribution in [2.24, 2.45) is 7.05 Å². The number of fused-ring (bicyclic) bond motifs is 1. The van der Waals surface area contributed by atoms with Crippen molar-refractivity contribution in [3.05, 3.63) is 42.4 Å². The predicted molar refractivity (Wildman–Crippen MR) is 71.6 cm³/mol. The normalized spacial score (nSPS) is 10.5. The molecule has 0 saturated heterocycles. The van der Waals surface area contributed by atoms with E-state index in [0.717, 1.165) is 21.0 Å². The molecule has 0 amide bonds. The molecule has 1 aromatic carbocycles. The van der Waals surface area contributed by atoms with Crippen molar-refractivity contribution < 1.29 is 0 Å². The zero-order chi connectivity index (χ0) is 13.2. The van der Waals surface area contributed by atoms with Crippen LogP contribution in [0.4, 0.5) is 0 Å². The maximum absolute atomic E-state index is 9.23. The molecule has 0 aliphatic carbocycles. The van der Waals surface area contributed by atoms with E-state index in [1.165, 1.54) is 11.8 Å². The summed E-state index contributed by atoms with van der Waals surface area (Å²) >= 11 is 1.43. The Morgan fingerprint density at radius 3 is 2.89 bits per heavy atom. The van der Waals surface area contributed by atoms with Gasteiger partial charge in [0.2, 0.25) is 0 Å². The summed E-state index contributed by atoms with van der Waals surface area (Å²) in [4.78, 5) is 5.15. The Labute approximate surface area is 113 Å². The Hall–Kier alpha value is -2.39. The molecule has 0 aliphatic heterocycles. The molecule has 2 aromatic heterocycles. The number of aryl methyl sites for hydroxylation is 1. The number of rotatable bonds is 2. The topological polar surface area (TPSA) is 67.4 Å². The molecule has 0 aliphatic rings. The van der Waals surface area contributed by atoms with Gasteiger partial charge in [-0.1, -0.05) is 18.2 Å². The number of nitriles is 1. The van der Waals surface area contributed by atoms with Crippen LogP contribution in [0.25, 0.3) is 10.9 Å². The minimum absolute atomic E-state index is 0.548. The molecule has 19 heavy (non-hydrogen) atoms. The fraction of sp³-hybridized carbons (Fsp3) is 0.0769. The van der Waals surface area contributed by atoms with Gasteiger partial charge in [0, 0.05) is 23.5 Å². The highest BCUT2D eigenvalue weighted by Gasteiger charge is 2.12. The SMILES string of the molecule is Cn1cnnc1Sc1c(C#N)cnc2ccccc12. The molecule has 3 rings (SSSR count). The molecule has 0 unspecified atom stereocenters. The van der Waals surface area contributed by atoms with Crippen molar-refractivity contribution in [2.75, 3.05) is 0 Å². The molecule has 0 fully saturated rings. The molecular formula is C13H9N5S. The van der Waals surface area contributed by atoms with Gasteiger partial charge in [0.1, 0.15) is 12.4 Å². The number of benzene rings is 1. The van der Waals surface area contributed by atoms with E-state index in [4.69, 9.17) is 0 Å². The third-order valence-corrected chi connectivity index (χ3v) is 3.91. The van der Waals surface area contributed by atoms with Gasteiger partial charge in [-0.25, -0.2) is 0 Å². The van der Waals surface area contributed by atoms with Gasteiger partial charge in [-0.2, -0.15) is 5.26 Å². The Kier molecular flexibility index (Phi) is 2.89. The standard InChI is InChI=1S/C13H9N5S/c1-18-8-16-17-13(18)19-12-9(6-14)7-15-11-5-3-2-4-10(11)12/h2-5,7-8H,1H3. The summed E-state index contributed by atoms with van der Waals surface area (Å²) < 4.78 is 1.82. The lowest BCUT2D eigenvalue weighted by Crippen LogP contribution is -1.92. The maximum Gasteiger partial charge on any atom is 0.195 e. The lowest BCUT2D eigenvalue weighted by molar-refractivity contribution is 0.789. The molecule has 3 aromatic rings. The van der Waals surface area contributed by atoms with Crippen LogP contribution in [0.2, 0.25) is 0 Å². The molecule has 92 valence electrons. The first kappa shape index (κ1) is 11.7. The third-order valence-electron chi connectivity index (χ3n) is 2.71. The van der Waals surface area contributed by atoms with E-state index < -0.39 is 0 Å². The third kappa shape index (κ3) is 2.04. The zero-order valence-corrected chi connectivity index (χ0v) is 10.9. The molecule has 6 heteroatoms. The zero-order valence-electron chi connectivity index (χ0n) is 10.1. The number of para-hydroxylation sites is 1. The fourth-order valence-corrected chi connectivity index (χ4v) is 2.71. The molecule has 0 atom stereocenters. The number of hydrogen-bond donors (Lipinski definition) is 0. The van der Waals surface area contributed by atoms with E-state index in [0.29, 0.717) is 5.56 Å². The second kappa shape index (κ2) is 4.71. The Bertz CT molecular complexity index is 787. The highest BCUT2D eigenvalue weighted by Crippen LogP contribution is 2.33. The summed E-state index contributed by atoms with van der Waals surface area (Å²) in [6.45, 7) is 0. The van der Waals surface area contributed by atoms with Crippen LogP contribution in [0.3, 0.4) is 0 Å². The van der Waals surface area contributed by atoms with Crippen molar-refractivity contribution >= 4 is 22.7 Å². The Balaban J connectivity index is 2.21. The van der Waals surface area contributed by atoms with Crippen LogP contribution in [0.15, 0.2) is 46.8 Å². The van der Waals surface area contributed by atoms with E-state index in [-0.39, 0.29) is 0 Å². The number of pyridine rings is 1. The monoisotopic (exact) mass is 267 g/mol. The summed E-state index contributed by atoms with van der Waals surface area (Å²) in [6.07, 6.45) is 3.23. The lowest BCUT2D eigenvalue weighted by atomic mass is 10.2. The molecule has 0 N–H and O–H groups in total. The van der Waals surface area contributed by atoms with Gasteiger partial charge >= 0.3 is 0 Å². The van der Waals surface area contributed by atoms with E-state index in [1.807, 2.05) is 35.9 Å². The maximum atomic E-state index is 9.23. The van der Waals surface area contributed by atoms with E-state index >= 15 is 0 Å². The molecule has 0 spiro atoms. The number of aromatic nitrogens is 4. The first-order chi connectivity index (χ1) is 9.29. The molecule has 0 bridgehead atoms. The average molecular weight is 267 g/mol. The quantitative estimate of drug-likeness (QED) is 0.713. The van der Waals surface area contributed by atoms with Crippen molar-refractivity contribution in [3.8, 4) is 6.07 Å². The highest BCUT2D eigenvalue weighted by molar-refractivity contribution is 7.99. The first-order valence-corrected chi connectivity index (χ1v) is 6.41. The second-order valence-corrected chi connectivity index (χ2v) is 4.93. The Morgan fingerprint density at radius 1 is 1.32 bits per heavy atom. The largest absolute Gasteiger partial charge is 0.311 e. The molecule has 5 nitrogen and oxygen atoms in total. The number of nitrogens with zero attached hydrogens (tertiary/aromatic N) is 5. The van der Waals surface area contributed by atoms with Gasteiger partial charge in [-0.3, -0.25) is 4.98 Å². The van der Waals surface area contributed by atoms with E-state index in [2.05, 4.69) is 21.3 Å². The minimum atomic E-state index is 0.548. The van der Waals surface area contributed by atoms with Crippen LogP contribution in [-0.2, 0) is 7.05 Å². The average Bonchev–Trinajstić information content (AvgIpc) is 2.85. The predicted octanol–water partition coefficient (Wildman–Crippen LogP) is 2.39. The summed E-state index contributed by atoms with van der Waals surface area (Å²) in [6, 6.07) is 9.93. The van der Waals surface area contributed by atoms with Gasteiger partial charge < -0.3 is 4.57 Å².